The zero-order chi connectivity index (χ0) is 25.9. The number of nitrogens with one attached hydrogen (secondary N) is 1. The van der Waals surface area contributed by atoms with Crippen LogP contribution in [0.25, 0.3) is 21.5 Å². The van der Waals surface area contributed by atoms with Crippen molar-refractivity contribution in [1.82, 2.24) is 14.5 Å². The number of aryl methyl sites for hydroxylation is 1. The van der Waals surface area contributed by atoms with E-state index in [4.69, 9.17) is 9.72 Å². The summed E-state index contributed by atoms with van der Waals surface area (Å²) in [6.45, 7) is 5.04. The summed E-state index contributed by atoms with van der Waals surface area (Å²) in [4.78, 5) is 19.6. The number of likely N-dealkylation sites (tertiary alicyclic amines) is 1. The molecule has 1 aliphatic rings. The van der Waals surface area contributed by atoms with Crippen molar-refractivity contribution >= 4 is 34.0 Å². The first kappa shape index (κ1) is 25.3. The number of hydrogen-bond donors (Lipinski definition) is 2. The van der Waals surface area contributed by atoms with Crippen LogP contribution in [0.5, 0.6) is 0 Å². The highest BCUT2D eigenvalue weighted by atomic mass is 32.1. The van der Waals surface area contributed by atoms with Gasteiger partial charge >= 0.3 is 6.09 Å². The van der Waals surface area contributed by atoms with Gasteiger partial charge in [-0.2, -0.15) is 0 Å². The Morgan fingerprint density at radius 3 is 2.76 bits per heavy atom. The molecule has 0 aliphatic carbocycles. The molecule has 3 heterocycles. The van der Waals surface area contributed by atoms with Crippen LogP contribution in [-0.4, -0.2) is 44.8 Å². The highest BCUT2D eigenvalue weighted by molar-refractivity contribution is 7.13. The maximum absolute atomic E-state index is 13.4. The maximum Gasteiger partial charge on any atom is 0.412 e. The molecule has 0 radical (unpaired) electrons. The Morgan fingerprint density at radius 2 is 2.00 bits per heavy atom. The van der Waals surface area contributed by atoms with Crippen LogP contribution in [0.1, 0.15) is 31.0 Å². The number of aromatic nitrogens is 2. The Balaban J connectivity index is 1.31. The van der Waals surface area contributed by atoms with Gasteiger partial charge in [-0.3, -0.25) is 10.2 Å². The lowest BCUT2D eigenvalue weighted by Crippen LogP contribution is -2.35. The summed E-state index contributed by atoms with van der Waals surface area (Å²) in [5.41, 5.74) is 3.86. The molecule has 4 aromatic rings. The van der Waals surface area contributed by atoms with Gasteiger partial charge < -0.3 is 14.4 Å². The van der Waals surface area contributed by atoms with Crippen molar-refractivity contribution in [3.8, 4) is 10.6 Å². The van der Waals surface area contributed by atoms with Gasteiger partial charge in [0, 0.05) is 48.7 Å². The summed E-state index contributed by atoms with van der Waals surface area (Å²) in [5, 5.41) is 16.3. The van der Waals surface area contributed by atoms with Crippen LogP contribution in [0.3, 0.4) is 0 Å². The molecule has 1 amide bonds. The number of piperidine rings is 1. The predicted molar refractivity (Wildman–Crippen MR) is 139 cm³/mol. The van der Waals surface area contributed by atoms with Gasteiger partial charge in [-0.25, -0.2) is 18.6 Å². The smallest absolute Gasteiger partial charge is 0.412 e. The molecule has 0 atom stereocenters. The molecule has 1 fully saturated rings. The van der Waals surface area contributed by atoms with Crippen molar-refractivity contribution in [2.75, 3.05) is 18.4 Å². The fourth-order valence-corrected chi connectivity index (χ4v) is 5.34. The first-order valence-electron chi connectivity index (χ1n) is 12.3. The number of nitrogens with zero attached hydrogens (tertiary/aromatic N) is 3. The second-order valence-electron chi connectivity index (χ2n) is 9.16. The number of benzene rings is 2. The standard InChI is InChI=1S/C27H28F2N4O3S/c1-2-33-14-24(31-27(35)36-15-17-3-5-22(28)23(29)11-17)21-12-18(4-6-25(21)33)26-30-19(16-37-26)13-32-9-7-20(34)8-10-32/h3-6,11-12,14,16,20,34H,2,7-10,13,15H2,1H3,(H,31,35). The fourth-order valence-electron chi connectivity index (χ4n) is 4.53. The number of rotatable bonds is 7. The van der Waals surface area contributed by atoms with Gasteiger partial charge in [0.1, 0.15) is 11.6 Å². The molecular weight excluding hydrogens is 498 g/mol. The number of carbonyl (C=O) groups excluding carboxylic acids is 1. The maximum atomic E-state index is 13.4. The Morgan fingerprint density at radius 1 is 1.19 bits per heavy atom. The Labute approximate surface area is 217 Å². The van der Waals surface area contributed by atoms with Crippen molar-refractivity contribution < 1.29 is 23.4 Å². The van der Waals surface area contributed by atoms with E-state index in [2.05, 4.69) is 15.6 Å². The van der Waals surface area contributed by atoms with Crippen molar-refractivity contribution in [3.05, 3.63) is 70.9 Å². The minimum atomic E-state index is -0.986. The largest absolute Gasteiger partial charge is 0.444 e. The lowest BCUT2D eigenvalue weighted by Gasteiger charge is -2.28. The van der Waals surface area contributed by atoms with Gasteiger partial charge in [0.15, 0.2) is 11.6 Å². The molecule has 1 saturated heterocycles. The number of ether oxygens (including phenoxy) is 1. The molecule has 2 aromatic carbocycles. The molecule has 5 rings (SSSR count). The summed E-state index contributed by atoms with van der Waals surface area (Å²) in [7, 11) is 0. The van der Waals surface area contributed by atoms with Gasteiger partial charge in [-0.1, -0.05) is 6.07 Å². The molecule has 194 valence electrons. The second-order valence-corrected chi connectivity index (χ2v) is 10.0. The number of anilines is 1. The van der Waals surface area contributed by atoms with Gasteiger partial charge in [-0.05, 0) is 55.7 Å². The molecule has 7 nitrogen and oxygen atoms in total. The molecule has 2 N–H and O–H groups in total. The van der Waals surface area contributed by atoms with Crippen molar-refractivity contribution in [2.45, 2.75) is 45.6 Å². The van der Waals surface area contributed by atoms with Crippen LogP contribution in [0.2, 0.25) is 0 Å². The third-order valence-corrected chi connectivity index (χ3v) is 7.49. The van der Waals surface area contributed by atoms with Gasteiger partial charge in [0.25, 0.3) is 0 Å². The van der Waals surface area contributed by atoms with E-state index in [0.717, 1.165) is 71.8 Å². The van der Waals surface area contributed by atoms with Crippen molar-refractivity contribution in [3.63, 3.8) is 0 Å². The predicted octanol–water partition coefficient (Wildman–Crippen LogP) is 5.77. The molecular formula is C27H28F2N4O3S. The van der Waals surface area contributed by atoms with Crippen molar-refractivity contribution in [1.29, 1.82) is 0 Å². The summed E-state index contributed by atoms with van der Waals surface area (Å²) >= 11 is 1.58. The summed E-state index contributed by atoms with van der Waals surface area (Å²) in [5.74, 6) is -1.94. The number of carbonyl (C=O) groups is 1. The lowest BCUT2D eigenvalue weighted by atomic mass is 10.1. The van der Waals surface area contributed by atoms with Crippen LogP contribution in [-0.2, 0) is 24.4 Å². The molecule has 0 bridgehead atoms. The molecule has 0 unspecified atom stereocenters. The minimum Gasteiger partial charge on any atom is -0.444 e. The van der Waals surface area contributed by atoms with E-state index in [1.807, 2.05) is 35.9 Å². The molecule has 10 heteroatoms. The summed E-state index contributed by atoms with van der Waals surface area (Å²) in [6, 6.07) is 9.43. The zero-order valence-electron chi connectivity index (χ0n) is 20.4. The van der Waals surface area contributed by atoms with Crippen LogP contribution < -0.4 is 5.32 Å². The normalized spacial score (nSPS) is 14.8. The molecule has 1 aliphatic heterocycles. The molecule has 2 aromatic heterocycles. The van der Waals surface area contributed by atoms with Crippen LogP contribution in [0.4, 0.5) is 19.3 Å². The Hall–Kier alpha value is -3.34. The van der Waals surface area contributed by atoms with Crippen LogP contribution in [0.15, 0.2) is 48.0 Å². The highest BCUT2D eigenvalue weighted by Gasteiger charge is 2.19. The molecule has 0 spiro atoms. The number of thiazole rings is 1. The minimum absolute atomic E-state index is 0.182. The van der Waals surface area contributed by atoms with Gasteiger partial charge in [0.05, 0.1) is 23.0 Å². The quantitative estimate of drug-likeness (QED) is 0.320. The number of hydrogen-bond acceptors (Lipinski definition) is 6. The van der Waals surface area contributed by atoms with E-state index in [1.54, 1.807) is 11.3 Å². The number of fused-ring (bicyclic) bond motifs is 1. The van der Waals surface area contributed by atoms with Gasteiger partial charge in [0.2, 0.25) is 0 Å². The monoisotopic (exact) mass is 526 g/mol. The average Bonchev–Trinajstić information content (AvgIpc) is 3.50. The first-order valence-corrected chi connectivity index (χ1v) is 13.1. The van der Waals surface area contributed by atoms with Gasteiger partial charge in [-0.15, -0.1) is 11.3 Å². The van der Waals surface area contributed by atoms with Crippen LogP contribution >= 0.6 is 11.3 Å². The van der Waals surface area contributed by atoms with Crippen LogP contribution in [0, 0.1) is 11.6 Å². The number of aliphatic hydroxyl groups is 1. The zero-order valence-corrected chi connectivity index (χ0v) is 21.2. The van der Waals surface area contributed by atoms with E-state index >= 15 is 0 Å². The first-order chi connectivity index (χ1) is 17.9. The molecule has 0 saturated carbocycles. The SMILES string of the molecule is CCn1cc(NC(=O)OCc2ccc(F)c(F)c2)c2cc(-c3nc(CN4CCC(O)CC4)cs3)ccc21. The van der Waals surface area contributed by atoms with E-state index in [1.165, 1.54) is 6.07 Å². The Bertz CT molecular complexity index is 1410. The lowest BCUT2D eigenvalue weighted by molar-refractivity contribution is 0.0787. The summed E-state index contributed by atoms with van der Waals surface area (Å²) in [6.07, 6.45) is 2.55. The average molecular weight is 527 g/mol. The second kappa shape index (κ2) is 11.0. The number of amides is 1. The van der Waals surface area contributed by atoms with E-state index < -0.39 is 17.7 Å². The summed E-state index contributed by atoms with van der Waals surface area (Å²) < 4.78 is 33.8. The third-order valence-electron chi connectivity index (χ3n) is 6.55. The fraction of sp³-hybridized carbons (Fsp3) is 0.333. The number of aliphatic hydroxyl groups excluding tert-OH is 1. The number of halogens is 2. The van der Waals surface area contributed by atoms with E-state index in [0.29, 0.717) is 17.8 Å². The topological polar surface area (TPSA) is 79.6 Å². The molecule has 37 heavy (non-hydrogen) atoms. The van der Waals surface area contributed by atoms with Crippen molar-refractivity contribution in [2.24, 2.45) is 0 Å². The third kappa shape index (κ3) is 5.82. The van der Waals surface area contributed by atoms with E-state index in [-0.39, 0.29) is 12.7 Å². The van der Waals surface area contributed by atoms with E-state index in [9.17, 15) is 18.7 Å². The highest BCUT2D eigenvalue weighted by Crippen LogP contribution is 2.33. The Kier molecular flexibility index (Phi) is 7.50.